The molecule has 0 aliphatic rings. The normalized spacial score (nSPS) is 10.9. The van der Waals surface area contributed by atoms with Gasteiger partial charge in [0.2, 0.25) is 15.9 Å². The number of nitrogens with zero attached hydrogens (tertiary/aromatic N) is 1. The highest BCUT2D eigenvalue weighted by molar-refractivity contribution is 7.92. The monoisotopic (exact) mass is 408 g/mol. The first-order valence-electron chi connectivity index (χ1n) is 8.08. The minimum absolute atomic E-state index is 0.342. The van der Waals surface area contributed by atoms with Gasteiger partial charge in [-0.2, -0.15) is 0 Å². The molecule has 8 heteroatoms. The number of aryl methyl sites for hydroxylation is 1. The van der Waals surface area contributed by atoms with Gasteiger partial charge in [0.25, 0.3) is 0 Å². The van der Waals surface area contributed by atoms with E-state index >= 15 is 0 Å². The van der Waals surface area contributed by atoms with Crippen molar-refractivity contribution in [2.24, 2.45) is 0 Å². The molecule has 0 heterocycles. The van der Waals surface area contributed by atoms with Crippen molar-refractivity contribution < 1.29 is 17.9 Å². The van der Waals surface area contributed by atoms with Gasteiger partial charge in [0, 0.05) is 16.8 Å². The standard InChI is InChI=1S/C19H21ClN2O4S/c1-4-10-26-17-7-5-6-16(12-17)21-19(23)13-22(27(3,24)25)18-9-8-15(20)11-14(18)2/h4-9,11-12H,1,10,13H2,2-3H3,(H,21,23). The summed E-state index contributed by atoms with van der Waals surface area (Å²) in [5, 5.41) is 3.18. The number of carbonyl (C=O) groups is 1. The molecule has 0 saturated heterocycles. The van der Waals surface area contributed by atoms with Gasteiger partial charge in [-0.1, -0.05) is 30.3 Å². The highest BCUT2D eigenvalue weighted by Crippen LogP contribution is 2.25. The van der Waals surface area contributed by atoms with E-state index in [0.29, 0.717) is 34.3 Å². The minimum Gasteiger partial charge on any atom is -0.489 e. The molecule has 0 radical (unpaired) electrons. The van der Waals surface area contributed by atoms with Crippen LogP contribution in [0.15, 0.2) is 55.1 Å². The van der Waals surface area contributed by atoms with Crippen molar-refractivity contribution in [3.8, 4) is 5.75 Å². The molecular weight excluding hydrogens is 388 g/mol. The molecule has 2 aromatic rings. The van der Waals surface area contributed by atoms with E-state index in [1.165, 1.54) is 0 Å². The van der Waals surface area contributed by atoms with Crippen LogP contribution in [-0.2, 0) is 14.8 Å². The van der Waals surface area contributed by atoms with E-state index in [4.69, 9.17) is 16.3 Å². The smallest absolute Gasteiger partial charge is 0.245 e. The van der Waals surface area contributed by atoms with E-state index in [0.717, 1.165) is 10.6 Å². The molecule has 0 unspecified atom stereocenters. The first kappa shape index (κ1) is 20.8. The average molecular weight is 409 g/mol. The number of sulfonamides is 1. The van der Waals surface area contributed by atoms with Gasteiger partial charge < -0.3 is 10.1 Å². The molecule has 2 aromatic carbocycles. The summed E-state index contributed by atoms with van der Waals surface area (Å²) in [6.45, 7) is 5.29. The van der Waals surface area contributed by atoms with Gasteiger partial charge in [0.05, 0.1) is 11.9 Å². The average Bonchev–Trinajstić information content (AvgIpc) is 2.58. The third-order valence-electron chi connectivity index (χ3n) is 3.60. The Labute approximate surface area is 164 Å². The number of hydrogen-bond donors (Lipinski definition) is 1. The Morgan fingerprint density at radius 3 is 2.67 bits per heavy atom. The minimum atomic E-state index is -3.67. The second-order valence-electron chi connectivity index (χ2n) is 5.88. The molecule has 27 heavy (non-hydrogen) atoms. The molecule has 144 valence electrons. The summed E-state index contributed by atoms with van der Waals surface area (Å²) in [6, 6.07) is 11.6. The Morgan fingerprint density at radius 2 is 2.04 bits per heavy atom. The van der Waals surface area contributed by atoms with E-state index in [-0.39, 0.29) is 6.54 Å². The molecule has 0 saturated carbocycles. The van der Waals surface area contributed by atoms with Crippen LogP contribution in [0.4, 0.5) is 11.4 Å². The number of carbonyl (C=O) groups excluding carboxylic acids is 1. The maximum absolute atomic E-state index is 12.4. The summed E-state index contributed by atoms with van der Waals surface area (Å²) in [4.78, 5) is 12.4. The summed E-state index contributed by atoms with van der Waals surface area (Å²) in [7, 11) is -3.67. The number of benzene rings is 2. The summed E-state index contributed by atoms with van der Waals surface area (Å²) < 4.78 is 30.9. The van der Waals surface area contributed by atoms with E-state index in [1.54, 1.807) is 55.5 Å². The molecule has 0 atom stereocenters. The van der Waals surface area contributed by atoms with Gasteiger partial charge in [-0.3, -0.25) is 9.10 Å². The van der Waals surface area contributed by atoms with Crippen molar-refractivity contribution in [1.82, 2.24) is 0 Å². The molecule has 0 spiro atoms. The molecule has 6 nitrogen and oxygen atoms in total. The maximum Gasteiger partial charge on any atom is 0.245 e. The molecule has 0 aliphatic heterocycles. The zero-order valence-electron chi connectivity index (χ0n) is 15.1. The Hall–Kier alpha value is -2.51. The van der Waals surface area contributed by atoms with E-state index in [9.17, 15) is 13.2 Å². The molecule has 0 bridgehead atoms. The van der Waals surface area contributed by atoms with E-state index in [2.05, 4.69) is 11.9 Å². The van der Waals surface area contributed by atoms with E-state index in [1.807, 2.05) is 0 Å². The summed E-state index contributed by atoms with van der Waals surface area (Å²) in [5.74, 6) is 0.0943. The number of rotatable bonds is 8. The third-order valence-corrected chi connectivity index (χ3v) is 4.96. The first-order chi connectivity index (χ1) is 12.7. The quantitative estimate of drug-likeness (QED) is 0.677. The molecule has 1 amide bonds. The number of halogens is 1. The lowest BCUT2D eigenvalue weighted by Crippen LogP contribution is -2.37. The van der Waals surface area contributed by atoms with Crippen LogP contribution in [0.25, 0.3) is 0 Å². The van der Waals surface area contributed by atoms with Crippen LogP contribution < -0.4 is 14.4 Å². The van der Waals surface area contributed by atoms with Gasteiger partial charge in [-0.05, 0) is 42.8 Å². The summed E-state index contributed by atoms with van der Waals surface area (Å²) in [5.41, 5.74) is 1.56. The van der Waals surface area contributed by atoms with Gasteiger partial charge in [0.1, 0.15) is 18.9 Å². The zero-order valence-corrected chi connectivity index (χ0v) is 16.7. The lowest BCUT2D eigenvalue weighted by atomic mass is 10.2. The SMILES string of the molecule is C=CCOc1cccc(NC(=O)CN(c2ccc(Cl)cc2C)S(C)(=O)=O)c1. The fourth-order valence-corrected chi connectivity index (χ4v) is 3.57. The Kier molecular flexibility index (Phi) is 6.87. The Bertz CT molecular complexity index is 944. The van der Waals surface area contributed by atoms with Crippen LogP contribution in [0.1, 0.15) is 5.56 Å². The van der Waals surface area contributed by atoms with Gasteiger partial charge in [-0.25, -0.2) is 8.42 Å². The summed E-state index contributed by atoms with van der Waals surface area (Å²) >= 11 is 5.93. The van der Waals surface area contributed by atoms with Gasteiger partial charge in [-0.15, -0.1) is 0 Å². The van der Waals surface area contributed by atoms with Crippen LogP contribution in [0, 0.1) is 6.92 Å². The lowest BCUT2D eigenvalue weighted by Gasteiger charge is -2.23. The van der Waals surface area contributed by atoms with Crippen molar-refractivity contribution in [3.63, 3.8) is 0 Å². The lowest BCUT2D eigenvalue weighted by molar-refractivity contribution is -0.114. The summed E-state index contributed by atoms with van der Waals surface area (Å²) in [6.07, 6.45) is 2.67. The number of anilines is 2. The number of hydrogen-bond acceptors (Lipinski definition) is 4. The van der Waals surface area contributed by atoms with Crippen LogP contribution in [0.2, 0.25) is 5.02 Å². The molecule has 0 aromatic heterocycles. The number of nitrogens with one attached hydrogen (secondary N) is 1. The van der Waals surface area contributed by atoms with Crippen molar-refractivity contribution in [2.45, 2.75) is 6.92 Å². The molecule has 2 rings (SSSR count). The Balaban J connectivity index is 2.18. The van der Waals surface area contributed by atoms with Crippen LogP contribution in [0.5, 0.6) is 5.75 Å². The largest absolute Gasteiger partial charge is 0.489 e. The molecular formula is C19H21ClN2O4S. The fourth-order valence-electron chi connectivity index (χ4n) is 2.43. The van der Waals surface area contributed by atoms with E-state index < -0.39 is 15.9 Å². The topological polar surface area (TPSA) is 75.7 Å². The second-order valence-corrected chi connectivity index (χ2v) is 8.22. The predicted octanol–water partition coefficient (Wildman–Crippen LogP) is 3.62. The van der Waals surface area contributed by atoms with Crippen LogP contribution in [-0.4, -0.2) is 33.7 Å². The van der Waals surface area contributed by atoms with Gasteiger partial charge in [0.15, 0.2) is 0 Å². The molecule has 1 N–H and O–H groups in total. The fraction of sp³-hybridized carbons (Fsp3) is 0.211. The highest BCUT2D eigenvalue weighted by atomic mass is 35.5. The van der Waals surface area contributed by atoms with Crippen LogP contribution >= 0.6 is 11.6 Å². The van der Waals surface area contributed by atoms with Crippen molar-refractivity contribution in [1.29, 1.82) is 0 Å². The second kappa shape index (κ2) is 8.92. The maximum atomic E-state index is 12.4. The van der Waals surface area contributed by atoms with Crippen molar-refractivity contribution in [3.05, 3.63) is 65.7 Å². The number of ether oxygens (including phenoxy) is 1. The van der Waals surface area contributed by atoms with Crippen LogP contribution in [0.3, 0.4) is 0 Å². The van der Waals surface area contributed by atoms with Crippen molar-refractivity contribution in [2.75, 3.05) is 29.0 Å². The zero-order chi connectivity index (χ0) is 20.0. The van der Waals surface area contributed by atoms with Crippen molar-refractivity contribution >= 4 is 38.9 Å². The highest BCUT2D eigenvalue weighted by Gasteiger charge is 2.22. The number of amides is 1. The molecule has 0 fully saturated rings. The first-order valence-corrected chi connectivity index (χ1v) is 10.3. The third kappa shape index (κ3) is 6.01. The Morgan fingerprint density at radius 1 is 1.30 bits per heavy atom. The predicted molar refractivity (Wildman–Crippen MR) is 109 cm³/mol. The molecule has 0 aliphatic carbocycles. The van der Waals surface area contributed by atoms with Gasteiger partial charge >= 0.3 is 0 Å².